The van der Waals surface area contributed by atoms with Gasteiger partial charge < -0.3 is 10.1 Å². The standard InChI is InChI=1S/C16H27N3OS/c1-3-8-17-12-6-5-7-14-15(12)18-16(21-14)13-11-19(4-2)9-10-20-13/h12-13,17H,3-11H2,1-2H3. The van der Waals surface area contributed by atoms with Crippen LogP contribution in [-0.4, -0.2) is 42.7 Å². The van der Waals surface area contributed by atoms with Gasteiger partial charge in [-0.15, -0.1) is 11.3 Å². The third kappa shape index (κ3) is 3.47. The van der Waals surface area contributed by atoms with Gasteiger partial charge in [0.15, 0.2) is 0 Å². The maximum atomic E-state index is 5.98. The van der Waals surface area contributed by atoms with Crippen molar-refractivity contribution in [2.24, 2.45) is 0 Å². The molecule has 0 radical (unpaired) electrons. The molecule has 21 heavy (non-hydrogen) atoms. The normalized spacial score (nSPS) is 26.8. The van der Waals surface area contributed by atoms with E-state index in [9.17, 15) is 0 Å². The Balaban J connectivity index is 1.74. The summed E-state index contributed by atoms with van der Waals surface area (Å²) >= 11 is 1.89. The summed E-state index contributed by atoms with van der Waals surface area (Å²) in [6.07, 6.45) is 5.06. The Morgan fingerprint density at radius 3 is 3.14 bits per heavy atom. The van der Waals surface area contributed by atoms with Gasteiger partial charge in [-0.1, -0.05) is 13.8 Å². The van der Waals surface area contributed by atoms with Gasteiger partial charge >= 0.3 is 0 Å². The molecule has 3 rings (SSSR count). The Morgan fingerprint density at radius 1 is 1.43 bits per heavy atom. The number of aryl methyl sites for hydroxylation is 1. The lowest BCUT2D eigenvalue weighted by Gasteiger charge is -2.30. The summed E-state index contributed by atoms with van der Waals surface area (Å²) in [6, 6.07) is 0.463. The molecular weight excluding hydrogens is 282 g/mol. The highest BCUT2D eigenvalue weighted by Crippen LogP contribution is 2.36. The van der Waals surface area contributed by atoms with E-state index < -0.39 is 0 Å². The summed E-state index contributed by atoms with van der Waals surface area (Å²) in [7, 11) is 0. The molecule has 5 heteroatoms. The molecule has 1 saturated heterocycles. The molecule has 1 fully saturated rings. The van der Waals surface area contributed by atoms with Crippen molar-refractivity contribution in [2.45, 2.75) is 51.7 Å². The molecule has 0 aromatic carbocycles. The summed E-state index contributed by atoms with van der Waals surface area (Å²) in [4.78, 5) is 8.93. The van der Waals surface area contributed by atoms with E-state index in [2.05, 4.69) is 24.1 Å². The molecule has 2 atom stereocenters. The fourth-order valence-corrected chi connectivity index (χ4v) is 4.44. The SMILES string of the molecule is CCCNC1CCCc2sc(C3CN(CC)CCO3)nc21. The monoisotopic (exact) mass is 309 g/mol. The van der Waals surface area contributed by atoms with Gasteiger partial charge in [-0.2, -0.15) is 0 Å². The minimum Gasteiger partial charge on any atom is -0.368 e. The minimum absolute atomic E-state index is 0.182. The molecule has 1 aromatic heterocycles. The topological polar surface area (TPSA) is 37.4 Å². The summed E-state index contributed by atoms with van der Waals surface area (Å²) in [5.41, 5.74) is 1.31. The Morgan fingerprint density at radius 2 is 2.33 bits per heavy atom. The third-order valence-electron chi connectivity index (χ3n) is 4.48. The smallest absolute Gasteiger partial charge is 0.123 e. The van der Waals surface area contributed by atoms with Crippen LogP contribution in [0, 0.1) is 0 Å². The Bertz CT molecular complexity index is 462. The molecule has 0 amide bonds. The van der Waals surface area contributed by atoms with Crippen molar-refractivity contribution in [2.75, 3.05) is 32.8 Å². The number of likely N-dealkylation sites (N-methyl/N-ethyl adjacent to an activating group) is 1. The van der Waals surface area contributed by atoms with Crippen LogP contribution in [0.1, 0.15) is 60.8 Å². The van der Waals surface area contributed by atoms with Gasteiger partial charge in [-0.25, -0.2) is 4.98 Å². The number of rotatable bonds is 5. The van der Waals surface area contributed by atoms with Gasteiger partial charge in [-0.05, 0) is 38.8 Å². The number of hydrogen-bond donors (Lipinski definition) is 1. The highest BCUT2D eigenvalue weighted by Gasteiger charge is 2.29. The second-order valence-corrected chi connectivity index (χ2v) is 7.13. The predicted octanol–water partition coefficient (Wildman–Crippen LogP) is 2.91. The van der Waals surface area contributed by atoms with Crippen LogP contribution in [0.3, 0.4) is 0 Å². The average Bonchev–Trinajstić information content (AvgIpc) is 2.97. The van der Waals surface area contributed by atoms with Crippen molar-refractivity contribution in [3.05, 3.63) is 15.6 Å². The summed E-state index contributed by atoms with van der Waals surface area (Å²) in [6.45, 7) is 9.51. The molecule has 4 nitrogen and oxygen atoms in total. The minimum atomic E-state index is 0.182. The second kappa shape index (κ2) is 7.18. The number of fused-ring (bicyclic) bond motifs is 1. The number of hydrogen-bond acceptors (Lipinski definition) is 5. The average molecular weight is 309 g/mol. The van der Waals surface area contributed by atoms with Crippen LogP contribution in [0.15, 0.2) is 0 Å². The van der Waals surface area contributed by atoms with Crippen LogP contribution in [0.25, 0.3) is 0 Å². The van der Waals surface area contributed by atoms with Gasteiger partial charge in [0.1, 0.15) is 11.1 Å². The molecule has 1 aliphatic heterocycles. The number of nitrogens with one attached hydrogen (secondary N) is 1. The highest BCUT2D eigenvalue weighted by atomic mass is 32.1. The number of aromatic nitrogens is 1. The van der Waals surface area contributed by atoms with Crippen LogP contribution in [-0.2, 0) is 11.2 Å². The van der Waals surface area contributed by atoms with Crippen molar-refractivity contribution in [1.29, 1.82) is 0 Å². The number of ether oxygens (including phenoxy) is 1. The lowest BCUT2D eigenvalue weighted by atomic mass is 9.97. The van der Waals surface area contributed by atoms with Gasteiger partial charge in [0, 0.05) is 18.0 Å². The van der Waals surface area contributed by atoms with Crippen molar-refractivity contribution < 1.29 is 4.74 Å². The fourth-order valence-electron chi connectivity index (χ4n) is 3.23. The summed E-state index contributed by atoms with van der Waals surface area (Å²) in [5.74, 6) is 0. The zero-order chi connectivity index (χ0) is 14.7. The number of thiazole rings is 1. The van der Waals surface area contributed by atoms with Gasteiger partial charge in [-0.3, -0.25) is 4.90 Å². The van der Waals surface area contributed by atoms with Gasteiger partial charge in [0.05, 0.1) is 18.3 Å². The lowest BCUT2D eigenvalue weighted by Crippen LogP contribution is -2.38. The molecule has 0 spiro atoms. The first-order valence-corrected chi connectivity index (χ1v) is 9.20. The van der Waals surface area contributed by atoms with Crippen molar-refractivity contribution in [1.82, 2.24) is 15.2 Å². The second-order valence-electron chi connectivity index (χ2n) is 6.01. The van der Waals surface area contributed by atoms with Crippen molar-refractivity contribution in [3.63, 3.8) is 0 Å². The Hall–Kier alpha value is -0.490. The number of morpholine rings is 1. The Kier molecular flexibility index (Phi) is 5.27. The van der Waals surface area contributed by atoms with Crippen molar-refractivity contribution in [3.8, 4) is 0 Å². The van der Waals surface area contributed by atoms with Crippen LogP contribution in [0.5, 0.6) is 0 Å². The first-order chi connectivity index (χ1) is 10.3. The molecule has 2 aliphatic rings. The highest BCUT2D eigenvalue weighted by molar-refractivity contribution is 7.11. The maximum absolute atomic E-state index is 5.98. The lowest BCUT2D eigenvalue weighted by molar-refractivity contribution is -0.0283. The first kappa shape index (κ1) is 15.4. The molecule has 1 aromatic rings. The molecule has 1 aliphatic carbocycles. The van der Waals surface area contributed by atoms with Gasteiger partial charge in [0.2, 0.25) is 0 Å². The van der Waals surface area contributed by atoms with E-state index >= 15 is 0 Å². The van der Waals surface area contributed by atoms with Gasteiger partial charge in [0.25, 0.3) is 0 Å². The third-order valence-corrected chi connectivity index (χ3v) is 5.71. The molecule has 1 N–H and O–H groups in total. The maximum Gasteiger partial charge on any atom is 0.123 e. The summed E-state index contributed by atoms with van der Waals surface area (Å²) in [5, 5.41) is 4.85. The zero-order valence-electron chi connectivity index (χ0n) is 13.2. The molecule has 2 heterocycles. The van der Waals surface area contributed by atoms with E-state index in [-0.39, 0.29) is 6.10 Å². The van der Waals surface area contributed by atoms with Crippen LogP contribution >= 0.6 is 11.3 Å². The van der Waals surface area contributed by atoms with E-state index in [1.165, 1.54) is 41.3 Å². The Labute approximate surface area is 131 Å². The van der Waals surface area contributed by atoms with E-state index in [0.29, 0.717) is 6.04 Å². The fraction of sp³-hybridized carbons (Fsp3) is 0.812. The van der Waals surface area contributed by atoms with E-state index in [1.54, 1.807) is 0 Å². The number of nitrogens with zero attached hydrogens (tertiary/aromatic N) is 2. The van der Waals surface area contributed by atoms with Crippen molar-refractivity contribution >= 4 is 11.3 Å². The van der Waals surface area contributed by atoms with E-state index in [1.807, 2.05) is 11.3 Å². The predicted molar refractivity (Wildman–Crippen MR) is 86.9 cm³/mol. The molecule has 118 valence electrons. The van der Waals surface area contributed by atoms with Crippen LogP contribution in [0.2, 0.25) is 0 Å². The molecule has 2 unspecified atom stereocenters. The molecule has 0 saturated carbocycles. The van der Waals surface area contributed by atoms with Crippen LogP contribution in [0.4, 0.5) is 0 Å². The molecular formula is C16H27N3OS. The molecule has 0 bridgehead atoms. The largest absolute Gasteiger partial charge is 0.368 e. The quantitative estimate of drug-likeness (QED) is 0.907. The van der Waals surface area contributed by atoms with Crippen LogP contribution < -0.4 is 5.32 Å². The van der Waals surface area contributed by atoms with E-state index in [4.69, 9.17) is 9.72 Å². The van der Waals surface area contributed by atoms with E-state index in [0.717, 1.165) is 32.8 Å². The summed E-state index contributed by atoms with van der Waals surface area (Å²) < 4.78 is 5.98. The first-order valence-electron chi connectivity index (χ1n) is 8.38. The zero-order valence-corrected chi connectivity index (χ0v) is 14.0.